The van der Waals surface area contributed by atoms with Gasteiger partial charge in [0.2, 0.25) is 0 Å². The van der Waals surface area contributed by atoms with E-state index < -0.39 is 17.7 Å². The molecule has 0 bridgehead atoms. The van der Waals surface area contributed by atoms with Crippen molar-refractivity contribution in [1.82, 2.24) is 0 Å². The van der Waals surface area contributed by atoms with Crippen LogP contribution in [0.3, 0.4) is 0 Å². The first-order chi connectivity index (χ1) is 8.50. The molecule has 2 rings (SSSR count). The Hall–Kier alpha value is -0.780. The summed E-state index contributed by atoms with van der Waals surface area (Å²) in [6.07, 6.45) is 0. The summed E-state index contributed by atoms with van der Waals surface area (Å²) < 4.78 is 28.1. The second-order valence-electron chi connectivity index (χ2n) is 3.79. The molecule has 0 saturated heterocycles. The van der Waals surface area contributed by atoms with Gasteiger partial charge in [-0.3, -0.25) is 0 Å². The Morgan fingerprint density at radius 1 is 0.944 bits per heavy atom. The standard InChI is InChI=1S/C13H9Br2F2N/c14-7-4-5-10(16)9(6-7)13(18)8-2-1-3-11(17)12(8)15/h1-6,13H,18H2. The summed E-state index contributed by atoms with van der Waals surface area (Å²) >= 11 is 6.39. The van der Waals surface area contributed by atoms with Gasteiger partial charge >= 0.3 is 0 Å². The third-order valence-electron chi connectivity index (χ3n) is 2.61. The smallest absolute Gasteiger partial charge is 0.137 e. The third kappa shape index (κ3) is 2.63. The van der Waals surface area contributed by atoms with Crippen LogP contribution in [-0.4, -0.2) is 0 Å². The fourth-order valence-electron chi connectivity index (χ4n) is 1.68. The highest BCUT2D eigenvalue weighted by Crippen LogP contribution is 2.31. The highest BCUT2D eigenvalue weighted by Gasteiger charge is 2.18. The molecule has 5 heteroatoms. The van der Waals surface area contributed by atoms with Crippen LogP contribution in [0, 0.1) is 11.6 Å². The SMILES string of the molecule is NC(c1cc(Br)ccc1F)c1cccc(F)c1Br. The van der Waals surface area contributed by atoms with Crippen molar-refractivity contribution < 1.29 is 8.78 Å². The monoisotopic (exact) mass is 375 g/mol. The Morgan fingerprint density at radius 2 is 1.67 bits per heavy atom. The Labute approximate surface area is 120 Å². The molecule has 0 heterocycles. The van der Waals surface area contributed by atoms with Gasteiger partial charge in [0, 0.05) is 10.0 Å². The van der Waals surface area contributed by atoms with Crippen molar-refractivity contribution >= 4 is 31.9 Å². The van der Waals surface area contributed by atoms with Gasteiger partial charge in [0.25, 0.3) is 0 Å². The largest absolute Gasteiger partial charge is 0.320 e. The van der Waals surface area contributed by atoms with Gasteiger partial charge < -0.3 is 5.73 Å². The normalized spacial score (nSPS) is 12.5. The van der Waals surface area contributed by atoms with E-state index in [0.717, 1.165) is 4.47 Å². The van der Waals surface area contributed by atoms with E-state index in [1.807, 2.05) is 0 Å². The molecule has 18 heavy (non-hydrogen) atoms. The van der Waals surface area contributed by atoms with Crippen LogP contribution in [0.15, 0.2) is 45.3 Å². The number of hydrogen-bond donors (Lipinski definition) is 1. The molecule has 0 amide bonds. The zero-order valence-electron chi connectivity index (χ0n) is 9.13. The summed E-state index contributed by atoms with van der Waals surface area (Å²) in [7, 11) is 0. The molecule has 2 aromatic carbocycles. The molecule has 94 valence electrons. The van der Waals surface area contributed by atoms with Crippen LogP contribution < -0.4 is 5.73 Å². The molecule has 0 aliphatic heterocycles. The van der Waals surface area contributed by atoms with Crippen molar-refractivity contribution in [2.45, 2.75) is 6.04 Å². The van der Waals surface area contributed by atoms with E-state index in [1.54, 1.807) is 24.3 Å². The van der Waals surface area contributed by atoms with Gasteiger partial charge in [-0.1, -0.05) is 28.1 Å². The van der Waals surface area contributed by atoms with E-state index in [1.165, 1.54) is 12.1 Å². The lowest BCUT2D eigenvalue weighted by Crippen LogP contribution is -2.14. The minimum atomic E-state index is -0.729. The van der Waals surface area contributed by atoms with Crippen LogP contribution in [0.25, 0.3) is 0 Å². The highest BCUT2D eigenvalue weighted by atomic mass is 79.9. The summed E-state index contributed by atoms with van der Waals surface area (Å²) in [4.78, 5) is 0. The van der Waals surface area contributed by atoms with Gasteiger partial charge in [-0.15, -0.1) is 0 Å². The van der Waals surface area contributed by atoms with E-state index in [-0.39, 0.29) is 4.47 Å². The van der Waals surface area contributed by atoms with Crippen molar-refractivity contribution in [2.75, 3.05) is 0 Å². The number of rotatable bonds is 2. The minimum Gasteiger partial charge on any atom is -0.320 e. The average Bonchev–Trinajstić information content (AvgIpc) is 2.35. The van der Waals surface area contributed by atoms with Gasteiger partial charge in [0.15, 0.2) is 0 Å². The second kappa shape index (κ2) is 5.47. The predicted molar refractivity (Wildman–Crippen MR) is 74.2 cm³/mol. The lowest BCUT2D eigenvalue weighted by Gasteiger charge is -2.15. The van der Waals surface area contributed by atoms with Crippen LogP contribution in [0.5, 0.6) is 0 Å². The maximum atomic E-state index is 13.7. The Bertz CT molecular complexity index is 585. The Balaban J connectivity index is 2.51. The van der Waals surface area contributed by atoms with Crippen LogP contribution in [-0.2, 0) is 0 Å². The van der Waals surface area contributed by atoms with Crippen LogP contribution in [0.2, 0.25) is 0 Å². The summed E-state index contributed by atoms with van der Waals surface area (Å²) in [6.45, 7) is 0. The van der Waals surface area contributed by atoms with Crippen LogP contribution in [0.4, 0.5) is 8.78 Å². The van der Waals surface area contributed by atoms with E-state index in [2.05, 4.69) is 31.9 Å². The molecule has 0 aliphatic rings. The van der Waals surface area contributed by atoms with E-state index in [4.69, 9.17) is 5.73 Å². The molecule has 0 saturated carbocycles. The topological polar surface area (TPSA) is 26.0 Å². The lowest BCUT2D eigenvalue weighted by atomic mass is 9.99. The van der Waals surface area contributed by atoms with Crippen molar-refractivity contribution in [3.05, 3.63) is 68.1 Å². The minimum absolute atomic E-state index is 0.261. The van der Waals surface area contributed by atoms with Crippen molar-refractivity contribution in [3.63, 3.8) is 0 Å². The van der Waals surface area contributed by atoms with Crippen molar-refractivity contribution in [2.24, 2.45) is 5.73 Å². The van der Waals surface area contributed by atoms with E-state index in [9.17, 15) is 8.78 Å². The molecule has 0 aliphatic carbocycles. The molecule has 0 aromatic heterocycles. The van der Waals surface area contributed by atoms with Crippen LogP contribution in [0.1, 0.15) is 17.2 Å². The van der Waals surface area contributed by atoms with Gasteiger partial charge in [-0.25, -0.2) is 8.78 Å². The molecule has 1 atom stereocenters. The van der Waals surface area contributed by atoms with Gasteiger partial charge in [-0.2, -0.15) is 0 Å². The summed E-state index contributed by atoms with van der Waals surface area (Å²) in [5.41, 5.74) is 6.82. The van der Waals surface area contributed by atoms with Gasteiger partial charge in [0.1, 0.15) is 11.6 Å². The first kappa shape index (κ1) is 13.6. The molecule has 1 unspecified atom stereocenters. The number of halogens is 4. The molecule has 0 radical (unpaired) electrons. The lowest BCUT2D eigenvalue weighted by molar-refractivity contribution is 0.593. The fraction of sp³-hybridized carbons (Fsp3) is 0.0769. The summed E-state index contributed by atoms with van der Waals surface area (Å²) in [5, 5.41) is 0. The first-order valence-electron chi connectivity index (χ1n) is 5.15. The Morgan fingerprint density at radius 3 is 2.39 bits per heavy atom. The number of hydrogen-bond acceptors (Lipinski definition) is 1. The quantitative estimate of drug-likeness (QED) is 0.818. The molecule has 2 N–H and O–H groups in total. The zero-order chi connectivity index (χ0) is 13.3. The molecule has 0 fully saturated rings. The van der Waals surface area contributed by atoms with Gasteiger partial charge in [-0.05, 0) is 45.8 Å². The fourth-order valence-corrected chi connectivity index (χ4v) is 2.57. The molecule has 0 spiro atoms. The van der Waals surface area contributed by atoms with Gasteiger partial charge in [0.05, 0.1) is 10.5 Å². The highest BCUT2D eigenvalue weighted by molar-refractivity contribution is 9.10. The van der Waals surface area contributed by atoms with Crippen LogP contribution >= 0.6 is 31.9 Å². The second-order valence-corrected chi connectivity index (χ2v) is 5.50. The van der Waals surface area contributed by atoms with Crippen molar-refractivity contribution in [3.8, 4) is 0 Å². The summed E-state index contributed by atoms with van der Waals surface area (Å²) in [6, 6.07) is 8.31. The molecule has 2 aromatic rings. The first-order valence-corrected chi connectivity index (χ1v) is 6.73. The van der Waals surface area contributed by atoms with Crippen molar-refractivity contribution in [1.29, 1.82) is 0 Å². The predicted octanol–water partition coefficient (Wildman–Crippen LogP) is 4.54. The third-order valence-corrected chi connectivity index (χ3v) is 3.94. The van der Waals surface area contributed by atoms with E-state index in [0.29, 0.717) is 11.1 Å². The van der Waals surface area contributed by atoms with E-state index >= 15 is 0 Å². The molecular formula is C13H9Br2F2N. The molecule has 1 nitrogen and oxygen atoms in total. The molecular weight excluding hydrogens is 368 g/mol. The maximum Gasteiger partial charge on any atom is 0.137 e. The maximum absolute atomic E-state index is 13.7. The average molecular weight is 377 g/mol. The Kier molecular flexibility index (Phi) is 4.14. The zero-order valence-corrected chi connectivity index (χ0v) is 12.3. The summed E-state index contributed by atoms with van der Waals surface area (Å²) in [5.74, 6) is -0.833. The number of benzene rings is 2. The number of nitrogens with two attached hydrogens (primary N) is 1.